The zero-order valence-electron chi connectivity index (χ0n) is 56.0. The Balaban J connectivity index is 1.64. The van der Waals surface area contributed by atoms with Crippen molar-refractivity contribution in [3.63, 3.8) is 0 Å². The standard InChI is InChI=1S/2C34H49I2NO4Si2.Bi/c2*1-18(2)42(19(3)4,20(5)6)25-13-24(14-26(15-25)43(21(7)8,22(9)10)23(11)12)31(34(40)41)37-32(38)27-16-29(35)30(36)17-28(27)33(37)39;/h2*13-23,31H,1-12H3,(H,40,41);/q;;+2/p-2/t2*31-;/m10./s1. The zero-order chi connectivity index (χ0) is 66.0. The van der Waals surface area contributed by atoms with Crippen LogP contribution in [0.5, 0.6) is 0 Å². The molecule has 2 atom stereocenters. The summed E-state index contributed by atoms with van der Waals surface area (Å²) in [6.45, 7) is 55.7. The Morgan fingerprint density at radius 2 is 0.494 bits per heavy atom. The molecule has 10 nitrogen and oxygen atoms in total. The summed E-state index contributed by atoms with van der Waals surface area (Å²) in [5.41, 5.74) is 5.32. The van der Waals surface area contributed by atoms with Gasteiger partial charge >= 0.3 is 600 Å². The molecule has 87 heavy (non-hydrogen) atoms. The van der Waals surface area contributed by atoms with Crippen molar-refractivity contribution >= 4 is 203 Å². The van der Waals surface area contributed by atoms with Crippen LogP contribution in [0.3, 0.4) is 0 Å². The van der Waals surface area contributed by atoms with Gasteiger partial charge in [0.05, 0.1) is 0 Å². The normalized spacial score (nSPS) is 15.3. The van der Waals surface area contributed by atoms with Crippen molar-refractivity contribution in [2.45, 2.75) is 245 Å². The first-order valence-corrected chi connectivity index (χ1v) is 47.5. The third kappa shape index (κ3) is 12.8. The summed E-state index contributed by atoms with van der Waals surface area (Å²) in [6, 6.07) is 17.2. The Hall–Kier alpha value is -1.23. The van der Waals surface area contributed by atoms with Crippen LogP contribution in [0.4, 0.5) is 0 Å². The van der Waals surface area contributed by atoms with Gasteiger partial charge in [0.2, 0.25) is 0 Å². The summed E-state index contributed by atoms with van der Waals surface area (Å²) in [5.74, 6) is -4.12. The Morgan fingerprint density at radius 3 is 0.655 bits per heavy atom. The molecular formula is C68H96BiI4N2O8Si4. The van der Waals surface area contributed by atoms with E-state index in [-0.39, 0.29) is 88.7 Å². The van der Waals surface area contributed by atoms with E-state index in [1.807, 2.05) is 0 Å². The van der Waals surface area contributed by atoms with E-state index in [1.165, 1.54) is 20.7 Å². The molecule has 0 saturated carbocycles. The number of nitrogens with zero attached hydrogens (tertiary/aromatic N) is 2. The number of benzene rings is 4. The number of rotatable bonds is 24. The molecule has 0 aromatic heterocycles. The van der Waals surface area contributed by atoms with Crippen LogP contribution in [-0.2, 0) is 15.2 Å². The Bertz CT molecular complexity index is 2840. The van der Waals surface area contributed by atoms with Crippen LogP contribution in [-0.4, -0.2) is 102 Å². The number of carbonyl (C=O) groups is 6. The predicted molar refractivity (Wildman–Crippen MR) is 404 cm³/mol. The van der Waals surface area contributed by atoms with Crippen molar-refractivity contribution in [3.8, 4) is 0 Å². The average Bonchev–Trinajstić information content (AvgIpc) is 1.49. The summed E-state index contributed by atoms with van der Waals surface area (Å²) >= 11 is 5.42. The predicted octanol–water partition coefficient (Wildman–Crippen LogP) is 17.6. The van der Waals surface area contributed by atoms with E-state index in [2.05, 4.69) is 293 Å². The van der Waals surface area contributed by atoms with Crippen LogP contribution in [0.1, 0.15) is 231 Å². The van der Waals surface area contributed by atoms with Gasteiger partial charge in [-0.2, -0.15) is 0 Å². The van der Waals surface area contributed by atoms with E-state index in [9.17, 15) is 0 Å². The fourth-order valence-electron chi connectivity index (χ4n) is 18.6. The summed E-state index contributed by atoms with van der Waals surface area (Å²) in [4.78, 5) is 94.8. The molecule has 19 heteroatoms. The quantitative estimate of drug-likeness (QED) is 0.0386. The zero-order valence-corrected chi connectivity index (χ0v) is 72.1. The molecule has 475 valence electrons. The van der Waals surface area contributed by atoms with Crippen LogP contribution in [0.25, 0.3) is 0 Å². The first-order chi connectivity index (χ1) is 40.2. The maximum atomic E-state index is 15.9. The maximum absolute atomic E-state index is 15.9. The van der Waals surface area contributed by atoms with Gasteiger partial charge in [-0.1, -0.05) is 0 Å². The van der Waals surface area contributed by atoms with Gasteiger partial charge in [0.15, 0.2) is 0 Å². The van der Waals surface area contributed by atoms with Crippen molar-refractivity contribution < 1.29 is 34.4 Å². The molecule has 0 spiro atoms. The number of carbonyl (C=O) groups excluding carboxylic acids is 6. The van der Waals surface area contributed by atoms with Crippen LogP contribution in [0.15, 0.2) is 60.7 Å². The number of imide groups is 2. The molecule has 4 aromatic rings. The third-order valence-corrected chi connectivity index (χ3v) is 56.8. The van der Waals surface area contributed by atoms with Crippen LogP contribution in [0.2, 0.25) is 66.5 Å². The molecule has 0 unspecified atom stereocenters. The molecule has 0 N–H and O–H groups in total. The molecule has 2 aliphatic rings. The molecule has 4 amide bonds. The van der Waals surface area contributed by atoms with Gasteiger partial charge in [-0.15, -0.1) is 0 Å². The number of halogens is 4. The van der Waals surface area contributed by atoms with Crippen LogP contribution >= 0.6 is 90.4 Å². The van der Waals surface area contributed by atoms with Gasteiger partial charge in [0, 0.05) is 0 Å². The molecule has 0 aliphatic carbocycles. The Morgan fingerprint density at radius 1 is 0.322 bits per heavy atom. The molecule has 6 rings (SSSR count). The van der Waals surface area contributed by atoms with Crippen LogP contribution in [0, 0.1) is 14.3 Å². The number of hydrogen-bond acceptors (Lipinski definition) is 8. The van der Waals surface area contributed by atoms with E-state index in [0.717, 1.165) is 24.1 Å². The van der Waals surface area contributed by atoms with Gasteiger partial charge < -0.3 is 0 Å². The fraction of sp³-hybridized carbons (Fsp3) is 0.559. The minimum absolute atomic E-state index is 0.214. The fourth-order valence-corrected chi connectivity index (χ4v) is 49.5. The van der Waals surface area contributed by atoms with Gasteiger partial charge in [-0.05, 0) is 0 Å². The number of fused-ring (bicyclic) bond motifs is 2. The molecule has 2 aliphatic heterocycles. The van der Waals surface area contributed by atoms with E-state index in [0.29, 0.717) is 11.1 Å². The molecule has 0 fully saturated rings. The van der Waals surface area contributed by atoms with Gasteiger partial charge in [-0.3, -0.25) is 0 Å². The Labute approximate surface area is 593 Å². The van der Waals surface area contributed by atoms with Crippen LogP contribution < -0.4 is 20.7 Å². The molecular weight excluding hydrogens is 1800 g/mol. The second-order valence-electron chi connectivity index (χ2n) is 28.6. The molecule has 2 heterocycles. The molecule has 1 radical (unpaired) electrons. The minimum atomic E-state index is -3.27. The van der Waals surface area contributed by atoms with Crippen molar-refractivity contribution in [1.29, 1.82) is 0 Å². The summed E-state index contributed by atoms with van der Waals surface area (Å²) < 4.78 is 16.1. The topological polar surface area (TPSA) is 127 Å². The first kappa shape index (κ1) is 74.8. The second-order valence-corrected chi connectivity index (χ2v) is 58.8. The number of hydrogen-bond donors (Lipinski definition) is 0. The second kappa shape index (κ2) is 28.8. The average molecular weight is 1900 g/mol. The first-order valence-electron chi connectivity index (χ1n) is 31.4. The monoisotopic (exact) mass is 1900 g/mol. The summed E-state index contributed by atoms with van der Waals surface area (Å²) in [5, 5.41) is 4.75. The van der Waals surface area contributed by atoms with Gasteiger partial charge in [0.25, 0.3) is 0 Å². The van der Waals surface area contributed by atoms with E-state index >= 15 is 28.8 Å². The van der Waals surface area contributed by atoms with Gasteiger partial charge in [0.1, 0.15) is 0 Å². The molecule has 0 bridgehead atoms. The number of amides is 4. The van der Waals surface area contributed by atoms with E-state index in [4.69, 9.17) is 5.63 Å². The Kier molecular flexibility index (Phi) is 24.7. The van der Waals surface area contributed by atoms with Crippen molar-refractivity contribution in [2.75, 3.05) is 0 Å². The van der Waals surface area contributed by atoms with Crippen molar-refractivity contribution in [3.05, 3.63) is 108 Å². The SMILES string of the molecule is CC(C)[Si](c1cc([C@@H](C(=O)[O][Bi][O]C(=O)[C@@H](c2cc([Si](C(C)C)(C(C)C)C(C)C)cc([Si](C(C)C)(C(C)C)C(C)C)c2)N2C(=O)c3cc(I)c(I)cc3C2=O)N2C(=O)c3cc(I)c(I)cc3C2=O)cc([Si](C(C)C)(C(C)C)C(C)C)c1)(C(C)C)C(C)C. The molecule has 4 aromatic carbocycles. The van der Waals surface area contributed by atoms with E-state index < -0.39 is 104 Å². The van der Waals surface area contributed by atoms with Crippen molar-refractivity contribution in [1.82, 2.24) is 9.80 Å². The molecule has 0 saturated heterocycles. The third-order valence-electron chi connectivity index (χ3n) is 21.1. The summed E-state index contributed by atoms with van der Waals surface area (Å²) in [7, 11) is -10.1. The van der Waals surface area contributed by atoms with E-state index in [1.54, 1.807) is 24.3 Å². The van der Waals surface area contributed by atoms with Crippen molar-refractivity contribution in [2.24, 2.45) is 0 Å². The van der Waals surface area contributed by atoms with Gasteiger partial charge in [-0.25, -0.2) is 0 Å². The summed E-state index contributed by atoms with van der Waals surface area (Å²) in [6.07, 6.45) is 0.